The Hall–Kier alpha value is -0.970. The molecule has 0 aliphatic carbocycles. The Balaban J connectivity index is 2.73. The van der Waals surface area contributed by atoms with E-state index in [-0.39, 0.29) is 5.92 Å². The lowest BCUT2D eigenvalue weighted by Crippen LogP contribution is -2.62. The highest BCUT2D eigenvalue weighted by atomic mass is 15.1. The van der Waals surface area contributed by atoms with Gasteiger partial charge in [0.2, 0.25) is 0 Å². The first-order valence-electron chi connectivity index (χ1n) is 5.83. The summed E-state index contributed by atoms with van der Waals surface area (Å²) in [5.41, 5.74) is 18.3. The third-order valence-corrected chi connectivity index (χ3v) is 2.74. The van der Waals surface area contributed by atoms with Gasteiger partial charge in [-0.2, -0.15) is 0 Å². The van der Waals surface area contributed by atoms with Crippen molar-refractivity contribution >= 4 is 0 Å². The van der Waals surface area contributed by atoms with E-state index in [1.165, 1.54) is 12.8 Å². The molecule has 1 atom stereocenters. The predicted molar refractivity (Wildman–Crippen MR) is 66.4 cm³/mol. The molecule has 4 nitrogen and oxygen atoms in total. The van der Waals surface area contributed by atoms with Crippen LogP contribution >= 0.6 is 0 Å². The van der Waals surface area contributed by atoms with Crippen molar-refractivity contribution in [3.8, 4) is 0 Å². The first-order valence-corrected chi connectivity index (χ1v) is 5.83. The first kappa shape index (κ1) is 13.1. The summed E-state index contributed by atoms with van der Waals surface area (Å²) in [6, 6.07) is 5.73. The van der Waals surface area contributed by atoms with E-state index in [4.69, 9.17) is 17.2 Å². The van der Waals surface area contributed by atoms with Crippen molar-refractivity contribution in [1.82, 2.24) is 4.98 Å². The quantitative estimate of drug-likeness (QED) is 0.499. The fourth-order valence-electron chi connectivity index (χ4n) is 1.83. The zero-order valence-corrected chi connectivity index (χ0v) is 9.89. The largest absolute Gasteiger partial charge is 0.301 e. The molecule has 0 saturated carbocycles. The van der Waals surface area contributed by atoms with Crippen molar-refractivity contribution in [2.45, 2.75) is 44.3 Å². The van der Waals surface area contributed by atoms with Crippen LogP contribution in [0.5, 0.6) is 0 Å². The third kappa shape index (κ3) is 3.89. The number of pyridine rings is 1. The van der Waals surface area contributed by atoms with Crippen LogP contribution in [0.1, 0.15) is 44.2 Å². The van der Waals surface area contributed by atoms with E-state index in [2.05, 4.69) is 11.9 Å². The topological polar surface area (TPSA) is 90.9 Å². The van der Waals surface area contributed by atoms with Crippen LogP contribution in [0, 0.1) is 0 Å². The number of nitrogens with two attached hydrogens (primary N) is 3. The molecule has 16 heavy (non-hydrogen) atoms. The summed E-state index contributed by atoms with van der Waals surface area (Å²) >= 11 is 0. The second-order valence-corrected chi connectivity index (χ2v) is 4.30. The number of hydrogen-bond acceptors (Lipinski definition) is 4. The second kappa shape index (κ2) is 5.94. The van der Waals surface area contributed by atoms with Gasteiger partial charge in [0, 0.05) is 17.8 Å². The molecule has 0 saturated heterocycles. The van der Waals surface area contributed by atoms with Crippen molar-refractivity contribution in [1.29, 1.82) is 0 Å². The number of aromatic nitrogens is 1. The first-order chi connectivity index (χ1) is 7.55. The van der Waals surface area contributed by atoms with Crippen LogP contribution < -0.4 is 17.2 Å². The molecule has 6 N–H and O–H groups in total. The van der Waals surface area contributed by atoms with Gasteiger partial charge < -0.3 is 17.2 Å². The van der Waals surface area contributed by atoms with E-state index in [1.807, 2.05) is 18.2 Å². The van der Waals surface area contributed by atoms with Gasteiger partial charge in [-0.15, -0.1) is 0 Å². The van der Waals surface area contributed by atoms with Crippen LogP contribution in [-0.4, -0.2) is 10.8 Å². The van der Waals surface area contributed by atoms with Crippen LogP contribution in [-0.2, 0) is 0 Å². The fraction of sp³-hybridized carbons (Fsp3) is 0.583. The maximum atomic E-state index is 5.81. The molecule has 4 heteroatoms. The monoisotopic (exact) mass is 222 g/mol. The number of unbranched alkanes of at least 4 members (excludes halogenated alkanes) is 2. The lowest BCUT2D eigenvalue weighted by Gasteiger charge is -2.29. The molecule has 90 valence electrons. The number of hydrogen-bond donors (Lipinski definition) is 3. The molecule has 0 bridgehead atoms. The highest BCUT2D eigenvalue weighted by Crippen LogP contribution is 2.24. The van der Waals surface area contributed by atoms with E-state index >= 15 is 0 Å². The van der Waals surface area contributed by atoms with Crippen LogP contribution in [0.3, 0.4) is 0 Å². The summed E-state index contributed by atoms with van der Waals surface area (Å²) in [6.07, 6.45) is 6.04. The molecule has 0 spiro atoms. The Morgan fingerprint density at radius 1 is 1.25 bits per heavy atom. The molecule has 0 aliphatic heterocycles. The van der Waals surface area contributed by atoms with Gasteiger partial charge >= 0.3 is 0 Å². The minimum atomic E-state index is -1.19. The van der Waals surface area contributed by atoms with Crippen molar-refractivity contribution in [2.24, 2.45) is 17.2 Å². The fourth-order valence-corrected chi connectivity index (χ4v) is 1.83. The Bertz CT molecular complexity index is 292. The SMILES string of the molecule is CCCCCC(c1ccccn1)C(N)(N)N. The highest BCUT2D eigenvalue weighted by molar-refractivity contribution is 5.13. The highest BCUT2D eigenvalue weighted by Gasteiger charge is 2.28. The zero-order chi connectivity index (χ0) is 12.0. The number of rotatable bonds is 6. The van der Waals surface area contributed by atoms with Gasteiger partial charge in [-0.25, -0.2) is 0 Å². The molecule has 1 aromatic heterocycles. The van der Waals surface area contributed by atoms with Gasteiger partial charge in [0.1, 0.15) is 5.79 Å². The Morgan fingerprint density at radius 2 is 2.00 bits per heavy atom. The van der Waals surface area contributed by atoms with Crippen LogP contribution in [0.2, 0.25) is 0 Å². The molecule has 0 fully saturated rings. The van der Waals surface area contributed by atoms with E-state index in [9.17, 15) is 0 Å². The van der Waals surface area contributed by atoms with Gasteiger partial charge in [-0.3, -0.25) is 4.98 Å². The maximum absolute atomic E-state index is 5.81. The zero-order valence-electron chi connectivity index (χ0n) is 9.89. The van der Waals surface area contributed by atoms with Gasteiger partial charge in [-0.05, 0) is 18.6 Å². The van der Waals surface area contributed by atoms with Crippen LogP contribution in [0.15, 0.2) is 24.4 Å². The molecule has 0 amide bonds. The lowest BCUT2D eigenvalue weighted by atomic mass is 9.91. The molecule has 0 aromatic carbocycles. The van der Waals surface area contributed by atoms with E-state index in [0.29, 0.717) is 0 Å². The minimum absolute atomic E-state index is 0.0831. The van der Waals surface area contributed by atoms with Crippen molar-refractivity contribution in [2.75, 3.05) is 0 Å². The molecule has 0 radical (unpaired) electrons. The average molecular weight is 222 g/mol. The van der Waals surface area contributed by atoms with Crippen LogP contribution in [0.4, 0.5) is 0 Å². The van der Waals surface area contributed by atoms with Gasteiger partial charge in [0.15, 0.2) is 0 Å². The second-order valence-electron chi connectivity index (χ2n) is 4.30. The molecule has 1 heterocycles. The van der Waals surface area contributed by atoms with Gasteiger partial charge in [-0.1, -0.05) is 32.3 Å². The predicted octanol–water partition coefficient (Wildman–Crippen LogP) is 1.28. The molecule has 1 rings (SSSR count). The van der Waals surface area contributed by atoms with Crippen molar-refractivity contribution in [3.63, 3.8) is 0 Å². The van der Waals surface area contributed by atoms with E-state index in [0.717, 1.165) is 18.5 Å². The normalized spacial score (nSPS) is 13.8. The molecular formula is C12H22N4. The van der Waals surface area contributed by atoms with E-state index in [1.54, 1.807) is 6.20 Å². The number of nitrogens with zero attached hydrogens (tertiary/aromatic N) is 1. The Morgan fingerprint density at radius 3 is 2.50 bits per heavy atom. The standard InChI is InChI=1S/C12H22N4/c1-2-3-4-7-10(12(13,14)15)11-8-5-6-9-16-11/h5-6,8-10H,2-4,7,13-15H2,1H3. The summed E-state index contributed by atoms with van der Waals surface area (Å²) in [7, 11) is 0. The average Bonchev–Trinajstić information content (AvgIpc) is 2.24. The smallest absolute Gasteiger partial charge is 0.124 e. The molecule has 1 unspecified atom stereocenters. The Kier molecular flexibility index (Phi) is 4.86. The third-order valence-electron chi connectivity index (χ3n) is 2.74. The van der Waals surface area contributed by atoms with Gasteiger partial charge in [0.25, 0.3) is 0 Å². The van der Waals surface area contributed by atoms with E-state index < -0.39 is 5.79 Å². The van der Waals surface area contributed by atoms with Crippen molar-refractivity contribution < 1.29 is 0 Å². The summed E-state index contributed by atoms with van der Waals surface area (Å²) in [4.78, 5) is 4.28. The summed E-state index contributed by atoms with van der Waals surface area (Å²) in [6.45, 7) is 2.16. The summed E-state index contributed by atoms with van der Waals surface area (Å²) in [5, 5.41) is 0. The molecule has 1 aromatic rings. The molecule has 0 aliphatic rings. The van der Waals surface area contributed by atoms with Gasteiger partial charge in [0.05, 0.1) is 0 Å². The van der Waals surface area contributed by atoms with Crippen LogP contribution in [0.25, 0.3) is 0 Å². The lowest BCUT2D eigenvalue weighted by molar-refractivity contribution is 0.336. The van der Waals surface area contributed by atoms with Crippen molar-refractivity contribution in [3.05, 3.63) is 30.1 Å². The minimum Gasteiger partial charge on any atom is -0.301 e. The maximum Gasteiger partial charge on any atom is 0.124 e. The Labute approximate surface area is 97.2 Å². The summed E-state index contributed by atoms with van der Waals surface area (Å²) < 4.78 is 0. The molecular weight excluding hydrogens is 200 g/mol. The summed E-state index contributed by atoms with van der Waals surface area (Å²) in [5.74, 6) is -1.28.